The molecule has 0 spiro atoms. The van der Waals surface area contributed by atoms with E-state index >= 15 is 0 Å². The van der Waals surface area contributed by atoms with Crippen LogP contribution >= 0.6 is 15.9 Å². The zero-order valence-corrected chi connectivity index (χ0v) is 12.9. The minimum absolute atomic E-state index is 0.0241. The highest BCUT2D eigenvalue weighted by atomic mass is 79.9. The number of hydrogen-bond acceptors (Lipinski definition) is 6. The molecule has 0 fully saturated rings. The van der Waals surface area contributed by atoms with E-state index in [1.807, 2.05) is 0 Å². The summed E-state index contributed by atoms with van der Waals surface area (Å²) in [6.07, 6.45) is 4.38. The number of benzene rings is 1. The molecule has 1 aromatic heterocycles. The Morgan fingerprint density at radius 3 is 2.77 bits per heavy atom. The Kier molecular flexibility index (Phi) is 3.86. The Morgan fingerprint density at radius 2 is 2.00 bits per heavy atom. The molecule has 2 heterocycles. The summed E-state index contributed by atoms with van der Waals surface area (Å²) in [5, 5.41) is 11.8. The molecular weight excluding hydrogens is 352 g/mol. The van der Waals surface area contributed by atoms with E-state index in [-0.39, 0.29) is 18.8 Å². The van der Waals surface area contributed by atoms with Gasteiger partial charge in [0.05, 0.1) is 28.8 Å². The van der Waals surface area contributed by atoms with E-state index in [9.17, 15) is 9.59 Å². The number of aromatic nitrogens is 2. The molecule has 2 N–H and O–H groups in total. The van der Waals surface area contributed by atoms with Crippen LogP contribution in [0.2, 0.25) is 0 Å². The van der Waals surface area contributed by atoms with Crippen molar-refractivity contribution in [3.05, 3.63) is 40.8 Å². The summed E-state index contributed by atoms with van der Waals surface area (Å²) in [5.74, 6) is -0.913. The van der Waals surface area contributed by atoms with E-state index in [2.05, 4.69) is 31.2 Å². The van der Waals surface area contributed by atoms with Crippen LogP contribution in [0.1, 0.15) is 0 Å². The van der Waals surface area contributed by atoms with Crippen molar-refractivity contribution in [1.82, 2.24) is 14.9 Å². The summed E-state index contributed by atoms with van der Waals surface area (Å²) in [5.41, 5.74) is 2.12. The number of halogens is 1. The fraction of sp³-hybridized carbons (Fsp3) is 0.143. The van der Waals surface area contributed by atoms with Gasteiger partial charge in [-0.3, -0.25) is 24.5 Å². The monoisotopic (exact) mass is 362 g/mol. The molecule has 0 aliphatic carbocycles. The second-order valence-corrected chi connectivity index (χ2v) is 5.35. The maximum absolute atomic E-state index is 12.1. The van der Waals surface area contributed by atoms with Crippen molar-refractivity contribution < 1.29 is 14.7 Å². The smallest absolute Gasteiger partial charge is 0.277 e. The lowest BCUT2D eigenvalue weighted by atomic mass is 10.2. The minimum atomic E-state index is -0.467. The number of hydrogen-bond donors (Lipinski definition) is 2. The number of nitrogens with zero attached hydrogens (tertiary/aromatic N) is 3. The van der Waals surface area contributed by atoms with Crippen molar-refractivity contribution in [2.45, 2.75) is 0 Å². The van der Waals surface area contributed by atoms with Gasteiger partial charge >= 0.3 is 0 Å². The molecular formula is C14H11BrN4O3. The number of aliphatic hydroxyl groups is 1. The highest BCUT2D eigenvalue weighted by Crippen LogP contribution is 2.30. The molecule has 0 atom stereocenters. The number of fused-ring (bicyclic) bond motifs is 1. The number of rotatable bonds is 4. The van der Waals surface area contributed by atoms with Crippen molar-refractivity contribution >= 4 is 44.5 Å². The Bertz CT molecular complexity index is 806. The number of aliphatic hydroxyl groups excluding tert-OH is 1. The Hall–Kier alpha value is -2.32. The van der Waals surface area contributed by atoms with Crippen LogP contribution in [-0.4, -0.2) is 44.9 Å². The number of amides is 2. The average molecular weight is 363 g/mol. The molecule has 0 bridgehead atoms. The highest BCUT2D eigenvalue weighted by molar-refractivity contribution is 9.10. The number of imide groups is 1. The van der Waals surface area contributed by atoms with Crippen molar-refractivity contribution in [2.24, 2.45) is 0 Å². The molecule has 22 heavy (non-hydrogen) atoms. The standard InChI is InChI=1S/C14H11BrN4O3/c15-12-8(1-2-9-13(12)17-4-3-16-9)18-10-7-11(21)19(5-6-20)14(10)22/h1-4,7,18,20H,5-6H2. The predicted molar refractivity (Wildman–Crippen MR) is 82.7 cm³/mol. The van der Waals surface area contributed by atoms with E-state index in [4.69, 9.17) is 5.11 Å². The van der Waals surface area contributed by atoms with Crippen LogP contribution in [0.5, 0.6) is 0 Å². The number of β-amino-alcohol motifs (C(OH)–C–C–N with tert-alkyl or cyclic N) is 1. The topological polar surface area (TPSA) is 95.4 Å². The fourth-order valence-electron chi connectivity index (χ4n) is 2.15. The van der Waals surface area contributed by atoms with Gasteiger partial charge in [0.15, 0.2) is 0 Å². The molecule has 0 radical (unpaired) electrons. The normalized spacial score (nSPS) is 14.6. The second kappa shape index (κ2) is 5.82. The first kappa shape index (κ1) is 14.6. The van der Waals surface area contributed by atoms with Crippen LogP contribution in [0.15, 0.2) is 40.8 Å². The van der Waals surface area contributed by atoms with Gasteiger partial charge in [0, 0.05) is 18.5 Å². The lowest BCUT2D eigenvalue weighted by Gasteiger charge is -2.14. The van der Waals surface area contributed by atoms with Gasteiger partial charge in [0.1, 0.15) is 11.2 Å². The molecule has 3 rings (SSSR count). The van der Waals surface area contributed by atoms with E-state index < -0.39 is 11.8 Å². The van der Waals surface area contributed by atoms with Crippen LogP contribution < -0.4 is 5.32 Å². The van der Waals surface area contributed by atoms with Crippen LogP contribution in [0, 0.1) is 0 Å². The molecule has 2 aromatic rings. The van der Waals surface area contributed by atoms with Crippen molar-refractivity contribution in [3.8, 4) is 0 Å². The van der Waals surface area contributed by atoms with E-state index in [1.165, 1.54) is 6.08 Å². The molecule has 1 aromatic carbocycles. The lowest BCUT2D eigenvalue weighted by molar-refractivity contribution is -0.137. The van der Waals surface area contributed by atoms with Crippen LogP contribution in [0.25, 0.3) is 11.0 Å². The summed E-state index contributed by atoms with van der Waals surface area (Å²) in [6.45, 7) is -0.294. The van der Waals surface area contributed by atoms with Gasteiger partial charge in [0.2, 0.25) is 0 Å². The lowest BCUT2D eigenvalue weighted by Crippen LogP contribution is -2.34. The molecule has 0 saturated carbocycles. The maximum Gasteiger partial charge on any atom is 0.277 e. The van der Waals surface area contributed by atoms with Gasteiger partial charge in [-0.05, 0) is 28.1 Å². The largest absolute Gasteiger partial charge is 0.395 e. The van der Waals surface area contributed by atoms with Gasteiger partial charge in [-0.15, -0.1) is 0 Å². The molecule has 7 nitrogen and oxygen atoms in total. The van der Waals surface area contributed by atoms with E-state index in [0.29, 0.717) is 21.2 Å². The van der Waals surface area contributed by atoms with Crippen molar-refractivity contribution in [3.63, 3.8) is 0 Å². The van der Waals surface area contributed by atoms with Gasteiger partial charge in [0.25, 0.3) is 11.8 Å². The molecule has 0 saturated heterocycles. The Balaban J connectivity index is 1.91. The highest BCUT2D eigenvalue weighted by Gasteiger charge is 2.30. The maximum atomic E-state index is 12.1. The Labute approximate surface area is 133 Å². The van der Waals surface area contributed by atoms with Gasteiger partial charge < -0.3 is 10.4 Å². The quantitative estimate of drug-likeness (QED) is 0.789. The summed E-state index contributed by atoms with van der Waals surface area (Å²) >= 11 is 3.43. The van der Waals surface area contributed by atoms with E-state index in [0.717, 1.165) is 4.90 Å². The second-order valence-electron chi connectivity index (χ2n) is 4.55. The Morgan fingerprint density at radius 1 is 1.23 bits per heavy atom. The zero-order chi connectivity index (χ0) is 15.7. The zero-order valence-electron chi connectivity index (χ0n) is 11.3. The molecule has 1 aliphatic rings. The van der Waals surface area contributed by atoms with Gasteiger partial charge in [-0.25, -0.2) is 0 Å². The summed E-state index contributed by atoms with van der Waals surface area (Å²) < 4.78 is 0.653. The first-order valence-electron chi connectivity index (χ1n) is 6.46. The molecule has 1 aliphatic heterocycles. The number of anilines is 1. The molecule has 2 amide bonds. The van der Waals surface area contributed by atoms with Crippen molar-refractivity contribution in [1.29, 1.82) is 0 Å². The van der Waals surface area contributed by atoms with Crippen LogP contribution in [0.3, 0.4) is 0 Å². The molecule has 8 heteroatoms. The number of carbonyl (C=O) groups excluding carboxylic acids is 2. The van der Waals surface area contributed by atoms with Gasteiger partial charge in [-0.1, -0.05) is 0 Å². The van der Waals surface area contributed by atoms with Crippen molar-refractivity contribution in [2.75, 3.05) is 18.5 Å². The number of nitrogens with one attached hydrogen (secondary N) is 1. The van der Waals surface area contributed by atoms with Crippen LogP contribution in [0.4, 0.5) is 5.69 Å². The minimum Gasteiger partial charge on any atom is -0.395 e. The molecule has 0 unspecified atom stereocenters. The summed E-state index contributed by atoms with van der Waals surface area (Å²) in [6, 6.07) is 3.51. The first-order chi connectivity index (χ1) is 10.6. The number of carbonyl (C=O) groups is 2. The van der Waals surface area contributed by atoms with E-state index in [1.54, 1.807) is 24.5 Å². The SMILES string of the molecule is O=C1C=C(Nc2ccc3nccnc3c2Br)C(=O)N1CCO. The fourth-order valence-corrected chi connectivity index (χ4v) is 2.69. The third-order valence-corrected chi connectivity index (χ3v) is 3.98. The molecule has 112 valence electrons. The summed E-state index contributed by atoms with van der Waals surface area (Å²) in [7, 11) is 0. The predicted octanol–water partition coefficient (Wildman–Crippen LogP) is 1.05. The summed E-state index contributed by atoms with van der Waals surface area (Å²) in [4.78, 5) is 33.2. The average Bonchev–Trinajstić information content (AvgIpc) is 2.78. The third-order valence-electron chi connectivity index (χ3n) is 3.18. The first-order valence-corrected chi connectivity index (χ1v) is 7.25. The van der Waals surface area contributed by atoms with Gasteiger partial charge in [-0.2, -0.15) is 0 Å². The van der Waals surface area contributed by atoms with Crippen LogP contribution in [-0.2, 0) is 9.59 Å². The third kappa shape index (κ3) is 2.46.